The number of fused-ring (bicyclic) bond motifs is 3. The lowest BCUT2D eigenvalue weighted by atomic mass is 9.76. The molecule has 1 aromatic carbocycles. The molecule has 112 valence electrons. The second kappa shape index (κ2) is 5.13. The Labute approximate surface area is 126 Å². The Kier molecular flexibility index (Phi) is 3.26. The lowest BCUT2D eigenvalue weighted by molar-refractivity contribution is 0.0338. The fourth-order valence-corrected chi connectivity index (χ4v) is 4.41. The largest absolute Gasteiger partial charge is 0.493 e. The molecule has 0 amide bonds. The Morgan fingerprint density at radius 1 is 1.24 bits per heavy atom. The van der Waals surface area contributed by atoms with Gasteiger partial charge < -0.3 is 9.64 Å². The molecule has 2 saturated heterocycles. The number of carbonyl (C=O) groups excluding carboxylic acids is 1. The number of piperidine rings is 2. The molecule has 3 aliphatic heterocycles. The maximum absolute atomic E-state index is 12.9. The van der Waals surface area contributed by atoms with Crippen molar-refractivity contribution in [2.45, 2.75) is 50.6 Å². The Hall–Kier alpha value is -1.35. The zero-order chi connectivity index (χ0) is 14.4. The van der Waals surface area contributed by atoms with E-state index in [1.807, 2.05) is 12.1 Å². The zero-order valence-corrected chi connectivity index (χ0v) is 12.7. The zero-order valence-electron chi connectivity index (χ0n) is 12.7. The van der Waals surface area contributed by atoms with Gasteiger partial charge in [-0.15, -0.1) is 0 Å². The van der Waals surface area contributed by atoms with Crippen molar-refractivity contribution in [2.75, 3.05) is 13.7 Å². The lowest BCUT2D eigenvalue weighted by Gasteiger charge is -2.46. The number of hydrogen-bond donors (Lipinski definition) is 0. The van der Waals surface area contributed by atoms with Gasteiger partial charge in [0.05, 0.1) is 6.61 Å². The van der Waals surface area contributed by atoms with Gasteiger partial charge in [-0.1, -0.05) is 6.42 Å². The summed E-state index contributed by atoms with van der Waals surface area (Å²) in [6, 6.07) is 7.23. The van der Waals surface area contributed by atoms with Crippen molar-refractivity contribution in [3.8, 4) is 5.75 Å². The molecule has 3 heteroatoms. The highest BCUT2D eigenvalue weighted by Gasteiger charge is 2.38. The summed E-state index contributed by atoms with van der Waals surface area (Å²) in [6.45, 7) is 0.755. The highest BCUT2D eigenvalue weighted by molar-refractivity contribution is 5.98. The van der Waals surface area contributed by atoms with Crippen LogP contribution in [0.15, 0.2) is 18.2 Å². The molecule has 3 nitrogen and oxygen atoms in total. The number of carbonyl (C=O) groups is 1. The van der Waals surface area contributed by atoms with Crippen molar-refractivity contribution >= 4 is 5.78 Å². The summed E-state index contributed by atoms with van der Waals surface area (Å²) in [5.41, 5.74) is 2.10. The maximum atomic E-state index is 12.9. The molecule has 21 heavy (non-hydrogen) atoms. The van der Waals surface area contributed by atoms with E-state index in [2.05, 4.69) is 18.0 Å². The minimum atomic E-state index is 0.219. The quantitative estimate of drug-likeness (QED) is 0.782. The fraction of sp³-hybridized carbons (Fsp3) is 0.611. The number of benzene rings is 1. The van der Waals surface area contributed by atoms with Gasteiger partial charge in [-0.25, -0.2) is 0 Å². The average molecular weight is 285 g/mol. The summed E-state index contributed by atoms with van der Waals surface area (Å²) in [5, 5.41) is 0. The van der Waals surface area contributed by atoms with Gasteiger partial charge in [-0.05, 0) is 56.5 Å². The molecular weight excluding hydrogens is 262 g/mol. The van der Waals surface area contributed by atoms with E-state index in [0.717, 1.165) is 37.2 Å². The molecule has 2 unspecified atom stereocenters. The highest BCUT2D eigenvalue weighted by Crippen LogP contribution is 2.37. The average Bonchev–Trinajstić information content (AvgIpc) is 2.93. The molecule has 0 radical (unpaired) electrons. The lowest BCUT2D eigenvalue weighted by Crippen LogP contribution is -2.51. The molecule has 2 atom stereocenters. The number of hydrogen-bond acceptors (Lipinski definition) is 3. The van der Waals surface area contributed by atoms with Crippen LogP contribution >= 0.6 is 0 Å². The predicted molar refractivity (Wildman–Crippen MR) is 81.9 cm³/mol. The summed E-state index contributed by atoms with van der Waals surface area (Å²) in [7, 11) is 2.24. The number of ketones is 1. The van der Waals surface area contributed by atoms with Gasteiger partial charge in [-0.3, -0.25) is 4.79 Å². The molecule has 0 spiro atoms. The number of rotatable bonds is 2. The van der Waals surface area contributed by atoms with E-state index in [9.17, 15) is 4.79 Å². The van der Waals surface area contributed by atoms with Gasteiger partial charge in [0.25, 0.3) is 0 Å². The van der Waals surface area contributed by atoms with Crippen LogP contribution in [0.1, 0.15) is 48.0 Å². The van der Waals surface area contributed by atoms with Crippen LogP contribution in [0.2, 0.25) is 0 Å². The van der Waals surface area contributed by atoms with Gasteiger partial charge in [0, 0.05) is 30.0 Å². The van der Waals surface area contributed by atoms with E-state index in [1.165, 1.54) is 24.8 Å². The van der Waals surface area contributed by atoms with Gasteiger partial charge in [0.1, 0.15) is 5.75 Å². The smallest absolute Gasteiger partial charge is 0.166 e. The molecule has 2 fully saturated rings. The number of ether oxygens (including phenoxy) is 1. The first-order chi connectivity index (χ1) is 10.2. The van der Waals surface area contributed by atoms with Crippen LogP contribution in [-0.2, 0) is 6.42 Å². The first-order valence-corrected chi connectivity index (χ1v) is 8.24. The molecule has 3 heterocycles. The number of nitrogens with zero attached hydrogens (tertiary/aromatic N) is 1. The standard InChI is InChI=1S/C18H23NO2/c1-19-15-3-2-4-16(19)11-14(10-15)18(20)13-5-6-17-12(9-13)7-8-21-17/h5-6,9,14-16H,2-4,7-8,10-11H2,1H3. The van der Waals surface area contributed by atoms with Crippen LogP contribution in [0.5, 0.6) is 5.75 Å². The third-order valence-corrected chi connectivity index (χ3v) is 5.68. The summed E-state index contributed by atoms with van der Waals surface area (Å²) in [6.07, 6.45) is 6.87. The van der Waals surface area contributed by atoms with Crippen molar-refractivity contribution in [1.29, 1.82) is 0 Å². The van der Waals surface area contributed by atoms with Crippen LogP contribution < -0.4 is 4.74 Å². The SMILES string of the molecule is CN1C2CCCC1CC(C(=O)c1ccc3c(c1)CCO3)C2. The van der Waals surface area contributed by atoms with E-state index >= 15 is 0 Å². The molecule has 3 aliphatic rings. The van der Waals surface area contributed by atoms with Gasteiger partial charge in [-0.2, -0.15) is 0 Å². The second-order valence-corrected chi connectivity index (χ2v) is 6.86. The third kappa shape index (κ3) is 2.28. The van der Waals surface area contributed by atoms with E-state index < -0.39 is 0 Å². The van der Waals surface area contributed by atoms with Crippen LogP contribution in [0.4, 0.5) is 0 Å². The molecule has 0 aromatic heterocycles. The minimum absolute atomic E-state index is 0.219. The van der Waals surface area contributed by atoms with Gasteiger partial charge in [0.15, 0.2) is 5.78 Å². The van der Waals surface area contributed by atoms with Crippen molar-refractivity contribution < 1.29 is 9.53 Å². The van der Waals surface area contributed by atoms with Gasteiger partial charge in [0.2, 0.25) is 0 Å². The first-order valence-electron chi connectivity index (χ1n) is 8.24. The van der Waals surface area contributed by atoms with Crippen molar-refractivity contribution in [2.24, 2.45) is 5.92 Å². The summed E-state index contributed by atoms with van der Waals surface area (Å²) in [5.74, 6) is 1.54. The molecule has 1 aromatic rings. The molecule has 0 N–H and O–H groups in total. The Balaban J connectivity index is 1.55. The van der Waals surface area contributed by atoms with Gasteiger partial charge >= 0.3 is 0 Å². The summed E-state index contributed by atoms with van der Waals surface area (Å²) in [4.78, 5) is 15.4. The van der Waals surface area contributed by atoms with Crippen molar-refractivity contribution in [3.63, 3.8) is 0 Å². The summed E-state index contributed by atoms with van der Waals surface area (Å²) < 4.78 is 5.54. The normalized spacial score (nSPS) is 31.6. The molecular formula is C18H23NO2. The van der Waals surface area contributed by atoms with Crippen molar-refractivity contribution in [1.82, 2.24) is 4.90 Å². The first kappa shape index (κ1) is 13.3. The Morgan fingerprint density at radius 2 is 2.00 bits per heavy atom. The van der Waals surface area contributed by atoms with E-state index in [4.69, 9.17) is 4.74 Å². The Morgan fingerprint density at radius 3 is 2.76 bits per heavy atom. The van der Waals surface area contributed by atoms with Crippen LogP contribution in [0.3, 0.4) is 0 Å². The minimum Gasteiger partial charge on any atom is -0.493 e. The van der Waals surface area contributed by atoms with Crippen LogP contribution in [-0.4, -0.2) is 36.4 Å². The topological polar surface area (TPSA) is 29.5 Å². The third-order valence-electron chi connectivity index (χ3n) is 5.68. The second-order valence-electron chi connectivity index (χ2n) is 6.86. The van der Waals surface area contributed by atoms with Crippen LogP contribution in [0, 0.1) is 5.92 Å². The maximum Gasteiger partial charge on any atom is 0.166 e. The monoisotopic (exact) mass is 285 g/mol. The molecule has 4 rings (SSSR count). The Bertz CT molecular complexity index is 554. The van der Waals surface area contributed by atoms with E-state index in [0.29, 0.717) is 17.9 Å². The van der Waals surface area contributed by atoms with E-state index in [-0.39, 0.29) is 5.92 Å². The summed E-state index contributed by atoms with van der Waals surface area (Å²) >= 11 is 0. The molecule has 0 saturated carbocycles. The molecule has 2 bridgehead atoms. The molecule has 0 aliphatic carbocycles. The predicted octanol–water partition coefficient (Wildman–Crippen LogP) is 3.07. The fourth-order valence-electron chi connectivity index (χ4n) is 4.41. The van der Waals surface area contributed by atoms with Crippen LogP contribution in [0.25, 0.3) is 0 Å². The highest BCUT2D eigenvalue weighted by atomic mass is 16.5. The van der Waals surface area contributed by atoms with Crippen molar-refractivity contribution in [3.05, 3.63) is 29.3 Å². The number of Topliss-reactive ketones (excluding diaryl/α,β-unsaturated/α-hetero) is 1. The van der Waals surface area contributed by atoms with E-state index in [1.54, 1.807) is 0 Å².